The number of nitrogens with two attached hydrogens (primary N) is 1. The molecule has 0 aliphatic rings. The molecule has 0 bridgehead atoms. The van der Waals surface area contributed by atoms with E-state index < -0.39 is 35.8 Å². The van der Waals surface area contributed by atoms with Crippen molar-refractivity contribution in [2.45, 2.75) is 12.3 Å². The Morgan fingerprint density at radius 2 is 1.93 bits per heavy atom. The molecule has 0 fully saturated rings. The number of hydrogen-bond acceptors (Lipinski definition) is 2. The van der Waals surface area contributed by atoms with Gasteiger partial charge in [0.05, 0.1) is 11.7 Å². The molecule has 0 aliphatic carbocycles. The third-order valence-electron chi connectivity index (χ3n) is 1.90. The van der Waals surface area contributed by atoms with Gasteiger partial charge in [-0.3, -0.25) is 0 Å². The van der Waals surface area contributed by atoms with E-state index in [2.05, 4.69) is 0 Å². The fourth-order valence-corrected chi connectivity index (χ4v) is 1.19. The molecule has 0 radical (unpaired) electrons. The van der Waals surface area contributed by atoms with Crippen molar-refractivity contribution in [1.82, 2.24) is 0 Å². The van der Waals surface area contributed by atoms with Crippen LogP contribution in [0.3, 0.4) is 0 Å². The van der Waals surface area contributed by atoms with Crippen molar-refractivity contribution in [2.24, 2.45) is 5.73 Å². The first kappa shape index (κ1) is 11.9. The highest BCUT2D eigenvalue weighted by atomic mass is 19.4. The molecule has 6 heteroatoms. The lowest BCUT2D eigenvalue weighted by molar-refractivity contribution is -0.139. The molecular formula is C9H9F4NO. The number of aliphatic hydroxyl groups is 1. The lowest BCUT2D eigenvalue weighted by Gasteiger charge is -2.16. The first-order valence-electron chi connectivity index (χ1n) is 4.11. The maximum absolute atomic E-state index is 12.7. The Kier molecular flexibility index (Phi) is 3.31. The van der Waals surface area contributed by atoms with Crippen LogP contribution in [-0.2, 0) is 6.18 Å². The molecule has 1 atom stereocenters. The molecule has 0 aliphatic heterocycles. The Labute approximate surface area is 83.3 Å². The third kappa shape index (κ3) is 2.66. The minimum Gasteiger partial charge on any atom is -0.387 e. The number of hydrogen-bond donors (Lipinski definition) is 2. The molecule has 1 rings (SSSR count). The van der Waals surface area contributed by atoms with Crippen LogP contribution in [0.2, 0.25) is 0 Å². The second kappa shape index (κ2) is 4.16. The average Bonchev–Trinajstić information content (AvgIpc) is 2.14. The van der Waals surface area contributed by atoms with E-state index in [9.17, 15) is 22.7 Å². The number of benzene rings is 1. The van der Waals surface area contributed by atoms with E-state index in [1.807, 2.05) is 0 Å². The van der Waals surface area contributed by atoms with Crippen LogP contribution >= 0.6 is 0 Å². The van der Waals surface area contributed by atoms with Gasteiger partial charge in [0.25, 0.3) is 0 Å². The minimum absolute atomic E-state index is 0.396. The minimum atomic E-state index is -4.63. The van der Waals surface area contributed by atoms with Crippen LogP contribution in [0.25, 0.3) is 0 Å². The third-order valence-corrected chi connectivity index (χ3v) is 1.90. The molecule has 15 heavy (non-hydrogen) atoms. The fraction of sp³-hybridized carbons (Fsp3) is 0.333. The van der Waals surface area contributed by atoms with E-state index in [1.165, 1.54) is 0 Å². The molecule has 1 aromatic rings. The second-order valence-corrected chi connectivity index (χ2v) is 2.98. The van der Waals surface area contributed by atoms with Gasteiger partial charge in [0.15, 0.2) is 0 Å². The van der Waals surface area contributed by atoms with Crippen molar-refractivity contribution < 1.29 is 22.7 Å². The van der Waals surface area contributed by atoms with E-state index in [-0.39, 0.29) is 0 Å². The number of halogens is 4. The Morgan fingerprint density at radius 1 is 1.33 bits per heavy atom. The highest BCUT2D eigenvalue weighted by molar-refractivity contribution is 5.32. The van der Waals surface area contributed by atoms with Crippen molar-refractivity contribution >= 4 is 0 Å². The van der Waals surface area contributed by atoms with Gasteiger partial charge in [-0.2, -0.15) is 13.2 Å². The summed E-state index contributed by atoms with van der Waals surface area (Å²) in [7, 11) is 0. The van der Waals surface area contributed by atoms with Gasteiger partial charge in [-0.1, -0.05) is 0 Å². The second-order valence-electron chi connectivity index (χ2n) is 2.98. The van der Waals surface area contributed by atoms with E-state index in [4.69, 9.17) is 5.73 Å². The van der Waals surface area contributed by atoms with E-state index in [0.29, 0.717) is 18.2 Å². The zero-order valence-electron chi connectivity index (χ0n) is 7.55. The van der Waals surface area contributed by atoms with Crippen LogP contribution in [0.5, 0.6) is 0 Å². The highest BCUT2D eigenvalue weighted by Gasteiger charge is 2.34. The predicted molar refractivity (Wildman–Crippen MR) is 45.4 cm³/mol. The maximum Gasteiger partial charge on any atom is 0.416 e. The highest BCUT2D eigenvalue weighted by Crippen LogP contribution is 2.34. The maximum atomic E-state index is 12.7. The summed E-state index contributed by atoms with van der Waals surface area (Å²) in [5, 5.41) is 9.21. The molecule has 3 N–H and O–H groups in total. The van der Waals surface area contributed by atoms with E-state index in [0.717, 1.165) is 0 Å². The zero-order valence-corrected chi connectivity index (χ0v) is 7.55. The van der Waals surface area contributed by atoms with Gasteiger partial charge in [0.2, 0.25) is 0 Å². The predicted octanol–water partition coefficient (Wildman–Crippen LogP) is 1.84. The summed E-state index contributed by atoms with van der Waals surface area (Å²) >= 11 is 0. The summed E-state index contributed by atoms with van der Waals surface area (Å²) in [6, 6.07) is 1.92. The molecule has 0 amide bonds. The zero-order chi connectivity index (χ0) is 11.6. The van der Waals surface area contributed by atoms with Crippen LogP contribution in [0.15, 0.2) is 18.2 Å². The fourth-order valence-electron chi connectivity index (χ4n) is 1.19. The first-order valence-corrected chi connectivity index (χ1v) is 4.11. The monoisotopic (exact) mass is 223 g/mol. The van der Waals surface area contributed by atoms with Gasteiger partial charge >= 0.3 is 6.18 Å². The number of rotatable bonds is 2. The van der Waals surface area contributed by atoms with Crippen molar-refractivity contribution in [3.05, 3.63) is 35.1 Å². The quantitative estimate of drug-likeness (QED) is 0.751. The molecule has 0 spiro atoms. The van der Waals surface area contributed by atoms with Gasteiger partial charge in [0.1, 0.15) is 5.82 Å². The number of alkyl halides is 3. The van der Waals surface area contributed by atoms with Crippen LogP contribution in [0, 0.1) is 5.82 Å². The van der Waals surface area contributed by atoms with Gasteiger partial charge < -0.3 is 10.8 Å². The number of aliphatic hydroxyl groups excluding tert-OH is 1. The van der Waals surface area contributed by atoms with Crippen LogP contribution in [-0.4, -0.2) is 11.7 Å². The van der Waals surface area contributed by atoms with Gasteiger partial charge in [-0.05, 0) is 23.8 Å². The summed E-state index contributed by atoms with van der Waals surface area (Å²) in [5.74, 6) is -0.842. The molecule has 1 aromatic carbocycles. The largest absolute Gasteiger partial charge is 0.416 e. The smallest absolute Gasteiger partial charge is 0.387 e. The molecule has 0 saturated heterocycles. The van der Waals surface area contributed by atoms with Crippen molar-refractivity contribution in [2.75, 3.05) is 6.54 Å². The van der Waals surface area contributed by atoms with Crippen LogP contribution < -0.4 is 5.73 Å². The summed E-state index contributed by atoms with van der Waals surface area (Å²) < 4.78 is 49.9. The first-order chi connectivity index (χ1) is 6.86. The molecule has 0 saturated carbocycles. The van der Waals surface area contributed by atoms with Gasteiger partial charge in [0, 0.05) is 6.54 Å². The Bertz CT molecular complexity index is 350. The lowest BCUT2D eigenvalue weighted by Crippen LogP contribution is -2.17. The van der Waals surface area contributed by atoms with Gasteiger partial charge in [-0.25, -0.2) is 4.39 Å². The summed E-state index contributed by atoms with van der Waals surface area (Å²) in [6.45, 7) is -0.396. The van der Waals surface area contributed by atoms with Crippen molar-refractivity contribution in [1.29, 1.82) is 0 Å². The SMILES string of the molecule is NC[C@H](O)c1cc(F)ccc1C(F)(F)F. The Hall–Kier alpha value is -1.14. The molecule has 2 nitrogen and oxygen atoms in total. The standard InChI is InChI=1S/C9H9F4NO/c10-5-1-2-7(9(11,12)13)6(3-5)8(15)4-14/h1-3,8,15H,4,14H2/t8-/m0/s1. The normalized spacial score (nSPS) is 14.0. The van der Waals surface area contributed by atoms with Gasteiger partial charge in [-0.15, -0.1) is 0 Å². The van der Waals surface area contributed by atoms with E-state index in [1.54, 1.807) is 0 Å². The average molecular weight is 223 g/mol. The van der Waals surface area contributed by atoms with Crippen LogP contribution in [0.1, 0.15) is 17.2 Å². The Balaban J connectivity index is 3.27. The summed E-state index contributed by atoms with van der Waals surface area (Å²) in [5.41, 5.74) is 3.42. The molecular weight excluding hydrogens is 214 g/mol. The van der Waals surface area contributed by atoms with Crippen molar-refractivity contribution in [3.8, 4) is 0 Å². The van der Waals surface area contributed by atoms with Crippen LogP contribution in [0.4, 0.5) is 17.6 Å². The molecule has 0 aromatic heterocycles. The molecule has 0 unspecified atom stereocenters. The van der Waals surface area contributed by atoms with E-state index >= 15 is 0 Å². The summed E-state index contributed by atoms with van der Waals surface area (Å²) in [6.07, 6.45) is -6.14. The Morgan fingerprint density at radius 3 is 2.40 bits per heavy atom. The summed E-state index contributed by atoms with van der Waals surface area (Å²) in [4.78, 5) is 0. The lowest BCUT2D eigenvalue weighted by atomic mass is 10.0. The topological polar surface area (TPSA) is 46.2 Å². The molecule has 84 valence electrons. The molecule has 0 heterocycles. The van der Waals surface area contributed by atoms with Crippen molar-refractivity contribution in [3.63, 3.8) is 0 Å².